The van der Waals surface area contributed by atoms with Crippen molar-refractivity contribution >= 4 is 33.7 Å². The standard InChI is InChI=1S/C38H47N3O15P2/c1-41(12-10-38(44,57(45)46)58(5,47)48)11-7-13-52-24-9-6-8-22(14-24)19-39-40-37(43)56-34-26-18-29-28(54-21-55-29)17-25(26)32(33-27(34)20-53-36(33)42)23-15-30(49-2)35(51-4)31(16-23)50-3/h6,8-9,14-19,27,32-34,44,57H,7,10-13,20-21H2,1-5H3,(H,40,43)(H,45,46)(H,47,48)/b39-19+/t27-,32+,33-,34-,38?/m0/s1. The monoisotopic (exact) mass is 847 g/mol. The van der Waals surface area contributed by atoms with E-state index < -0.39 is 56.4 Å². The van der Waals surface area contributed by atoms with Crippen LogP contribution in [0.25, 0.3) is 0 Å². The molecule has 2 heterocycles. The Morgan fingerprint density at radius 1 is 1.05 bits per heavy atom. The average Bonchev–Trinajstić information content (AvgIpc) is 3.82. The van der Waals surface area contributed by atoms with Gasteiger partial charge in [-0.15, -0.1) is 0 Å². The van der Waals surface area contributed by atoms with E-state index in [2.05, 4.69) is 10.5 Å². The van der Waals surface area contributed by atoms with Gasteiger partial charge in [0.2, 0.25) is 33.0 Å². The second-order valence-corrected chi connectivity index (χ2v) is 18.5. The van der Waals surface area contributed by atoms with Gasteiger partial charge in [-0.05, 0) is 66.6 Å². The van der Waals surface area contributed by atoms with E-state index in [-0.39, 0.29) is 26.4 Å². The van der Waals surface area contributed by atoms with Gasteiger partial charge in [0.05, 0.1) is 46.7 Å². The van der Waals surface area contributed by atoms with Crippen LogP contribution in [0.5, 0.6) is 34.5 Å². The third-order valence-electron chi connectivity index (χ3n) is 10.5. The summed E-state index contributed by atoms with van der Waals surface area (Å²) in [4.78, 5) is 47.8. The largest absolute Gasteiger partial charge is 0.494 e. The van der Waals surface area contributed by atoms with Gasteiger partial charge in [0.15, 0.2) is 23.0 Å². The van der Waals surface area contributed by atoms with Gasteiger partial charge in [0.25, 0.3) is 0 Å². The lowest BCUT2D eigenvalue weighted by Gasteiger charge is -2.38. The van der Waals surface area contributed by atoms with Crippen molar-refractivity contribution in [2.75, 3.05) is 68.1 Å². The van der Waals surface area contributed by atoms with E-state index in [1.165, 1.54) is 27.5 Å². The number of hydrogen-bond acceptors (Lipinski definition) is 15. The van der Waals surface area contributed by atoms with E-state index in [0.29, 0.717) is 76.3 Å². The molecular weight excluding hydrogens is 800 g/mol. The molecular formula is C38H47N3O15P2. The van der Waals surface area contributed by atoms with Crippen LogP contribution in [-0.2, 0) is 23.4 Å². The van der Waals surface area contributed by atoms with Crippen molar-refractivity contribution in [3.8, 4) is 34.5 Å². The SMILES string of the molecule is COc1cc([C@@H]2c3cc4c(cc3[C@H](OC(=O)N/N=C/c3cccc(OCCCN(C)CCC(O)([PH](=O)O)P(C)(=O)O)c3)[C@H]3COC(=O)[C@H]23)OCO4)cc(OC)c1OC. The van der Waals surface area contributed by atoms with Crippen molar-refractivity contribution in [2.24, 2.45) is 16.9 Å². The molecule has 1 amide bonds. The molecule has 0 radical (unpaired) electrons. The van der Waals surface area contributed by atoms with E-state index in [0.717, 1.165) is 6.66 Å². The number of methoxy groups -OCH3 is 3. The van der Waals surface area contributed by atoms with E-state index in [1.807, 2.05) is 0 Å². The number of ether oxygens (including phenoxy) is 8. The lowest BCUT2D eigenvalue weighted by Crippen LogP contribution is -2.37. The first-order valence-electron chi connectivity index (χ1n) is 18.3. The highest BCUT2D eigenvalue weighted by molar-refractivity contribution is 7.70. The Bertz CT molecular complexity index is 2090. The molecule has 0 bridgehead atoms. The zero-order valence-corrected chi connectivity index (χ0v) is 34.4. The number of carbonyl (C=O) groups is 2. The Kier molecular flexibility index (Phi) is 13.3. The summed E-state index contributed by atoms with van der Waals surface area (Å²) in [6.45, 7) is 1.79. The Morgan fingerprint density at radius 2 is 1.74 bits per heavy atom. The van der Waals surface area contributed by atoms with Gasteiger partial charge in [-0.1, -0.05) is 12.1 Å². The lowest BCUT2D eigenvalue weighted by molar-refractivity contribution is -0.141. The zero-order chi connectivity index (χ0) is 41.8. The van der Waals surface area contributed by atoms with Crippen LogP contribution in [0.4, 0.5) is 4.79 Å². The van der Waals surface area contributed by atoms with E-state index >= 15 is 0 Å². The molecule has 314 valence electrons. The molecule has 18 nitrogen and oxygen atoms in total. The highest BCUT2D eigenvalue weighted by Gasteiger charge is 2.54. The molecule has 1 saturated heterocycles. The van der Waals surface area contributed by atoms with Crippen LogP contribution in [-0.4, -0.2) is 111 Å². The number of benzene rings is 3. The van der Waals surface area contributed by atoms with Crippen molar-refractivity contribution in [1.29, 1.82) is 0 Å². The number of amides is 1. The molecule has 3 aromatic carbocycles. The molecule has 20 heteroatoms. The molecule has 58 heavy (non-hydrogen) atoms. The van der Waals surface area contributed by atoms with Crippen molar-refractivity contribution in [3.05, 3.63) is 70.8 Å². The number of aliphatic hydroxyl groups is 1. The van der Waals surface area contributed by atoms with Crippen molar-refractivity contribution in [1.82, 2.24) is 10.3 Å². The van der Waals surface area contributed by atoms with Gasteiger partial charge in [0.1, 0.15) is 11.9 Å². The van der Waals surface area contributed by atoms with E-state index in [4.69, 9.17) is 37.9 Å². The van der Waals surface area contributed by atoms with Gasteiger partial charge < -0.3 is 57.7 Å². The van der Waals surface area contributed by atoms with Crippen LogP contribution >= 0.6 is 15.4 Å². The molecule has 4 N–H and O–H groups in total. The highest BCUT2D eigenvalue weighted by Crippen LogP contribution is 2.62. The second kappa shape index (κ2) is 18.0. The minimum Gasteiger partial charge on any atom is -0.494 e. The first kappa shape index (κ1) is 42.8. The number of carbonyl (C=O) groups excluding carboxylic acids is 2. The third-order valence-corrected chi connectivity index (χ3v) is 14.8. The van der Waals surface area contributed by atoms with Gasteiger partial charge in [-0.25, -0.2) is 10.2 Å². The molecule has 1 fully saturated rings. The number of hydrazone groups is 1. The van der Waals surface area contributed by atoms with Crippen LogP contribution < -0.4 is 33.8 Å². The normalized spacial score (nSPS) is 21.9. The summed E-state index contributed by atoms with van der Waals surface area (Å²) in [6, 6.07) is 14.1. The summed E-state index contributed by atoms with van der Waals surface area (Å²) in [5.41, 5.74) is 4.99. The zero-order valence-electron chi connectivity index (χ0n) is 32.5. The van der Waals surface area contributed by atoms with Gasteiger partial charge in [-0.2, -0.15) is 5.10 Å². The molecule has 1 aliphatic carbocycles. The summed E-state index contributed by atoms with van der Waals surface area (Å²) in [7, 11) is -1.66. The maximum Gasteiger partial charge on any atom is 0.428 e. The number of rotatable bonds is 17. The fourth-order valence-electron chi connectivity index (χ4n) is 7.40. The molecule has 6 rings (SSSR count). The van der Waals surface area contributed by atoms with Gasteiger partial charge in [0, 0.05) is 43.6 Å². The predicted molar refractivity (Wildman–Crippen MR) is 209 cm³/mol. The van der Waals surface area contributed by atoms with Crippen LogP contribution in [0, 0.1) is 11.8 Å². The number of nitrogens with one attached hydrogen (secondary N) is 1. The third kappa shape index (κ3) is 8.92. The Balaban J connectivity index is 1.11. The summed E-state index contributed by atoms with van der Waals surface area (Å²) >= 11 is 0. The number of nitrogens with zero attached hydrogens (tertiary/aromatic N) is 2. The number of cyclic esters (lactones) is 1. The molecule has 3 aromatic rings. The topological polar surface area (TPSA) is 230 Å². The highest BCUT2D eigenvalue weighted by atomic mass is 31.2. The first-order chi connectivity index (χ1) is 27.7. The maximum absolute atomic E-state index is 13.5. The number of hydrogen-bond donors (Lipinski definition) is 4. The quantitative estimate of drug-likeness (QED) is 0.0488. The van der Waals surface area contributed by atoms with Crippen LogP contribution in [0.1, 0.15) is 47.1 Å². The summed E-state index contributed by atoms with van der Waals surface area (Å²) < 4.78 is 69.2. The van der Waals surface area contributed by atoms with Crippen molar-refractivity contribution < 1.29 is 71.5 Å². The molecule has 2 aliphatic heterocycles. The molecule has 0 spiro atoms. The Labute approximate surface area is 335 Å². The van der Waals surface area contributed by atoms with Crippen molar-refractivity contribution in [3.63, 3.8) is 0 Å². The maximum atomic E-state index is 13.5. The molecule has 7 atom stereocenters. The molecule has 3 aliphatic rings. The minimum absolute atomic E-state index is 0.00426. The lowest BCUT2D eigenvalue weighted by atomic mass is 9.66. The minimum atomic E-state index is -4.23. The smallest absolute Gasteiger partial charge is 0.428 e. The fraction of sp³-hybridized carbons (Fsp3) is 0.447. The summed E-state index contributed by atoms with van der Waals surface area (Å²) in [5, 5.41) is 11.9. The Hall–Kier alpha value is -4.83. The van der Waals surface area contributed by atoms with Crippen LogP contribution in [0.2, 0.25) is 0 Å². The van der Waals surface area contributed by atoms with E-state index in [9.17, 15) is 33.6 Å². The average molecular weight is 848 g/mol. The molecule has 3 unspecified atom stereocenters. The number of esters is 1. The van der Waals surface area contributed by atoms with E-state index in [1.54, 1.807) is 60.5 Å². The van der Waals surface area contributed by atoms with Gasteiger partial charge >= 0.3 is 12.1 Å². The van der Waals surface area contributed by atoms with Crippen LogP contribution in [0.3, 0.4) is 0 Å². The van der Waals surface area contributed by atoms with Gasteiger partial charge in [-0.3, -0.25) is 13.9 Å². The fourth-order valence-corrected chi connectivity index (χ4v) is 9.66. The number of fused-ring (bicyclic) bond motifs is 3. The predicted octanol–water partition coefficient (Wildman–Crippen LogP) is 4.28. The first-order valence-corrected chi connectivity index (χ1v) is 21.7. The summed E-state index contributed by atoms with van der Waals surface area (Å²) in [6.07, 6.45) is -0.151. The molecule has 0 aromatic heterocycles. The van der Waals surface area contributed by atoms with Crippen LogP contribution in [0.15, 0.2) is 53.6 Å². The second-order valence-electron chi connectivity index (χ2n) is 14.1. The summed E-state index contributed by atoms with van der Waals surface area (Å²) in [5.74, 6) is 0.353. The molecule has 0 saturated carbocycles. The van der Waals surface area contributed by atoms with Crippen molar-refractivity contribution in [2.45, 2.75) is 29.9 Å². The Morgan fingerprint density at radius 3 is 2.38 bits per heavy atom.